The summed E-state index contributed by atoms with van der Waals surface area (Å²) in [5.41, 5.74) is 4.95. The van der Waals surface area contributed by atoms with Crippen molar-refractivity contribution in [1.82, 2.24) is 19.6 Å². The molecule has 3 aromatic rings. The van der Waals surface area contributed by atoms with E-state index in [1.807, 2.05) is 59.0 Å². The predicted molar refractivity (Wildman–Crippen MR) is 125 cm³/mol. The maximum atomic E-state index is 12.9. The van der Waals surface area contributed by atoms with Crippen LogP contribution in [-0.4, -0.2) is 51.7 Å². The Balaban J connectivity index is 1.33. The second-order valence-corrected chi connectivity index (χ2v) is 8.86. The molecule has 5 nitrogen and oxygen atoms in total. The Morgan fingerprint density at radius 3 is 2.16 bits per heavy atom. The lowest BCUT2D eigenvalue weighted by atomic mass is 10.1. The van der Waals surface area contributed by atoms with E-state index >= 15 is 0 Å². The largest absolute Gasteiger partial charge is 0.336 e. The minimum atomic E-state index is 0.0769. The van der Waals surface area contributed by atoms with Crippen molar-refractivity contribution in [3.8, 4) is 0 Å². The maximum absolute atomic E-state index is 12.9. The molecule has 0 bridgehead atoms. The van der Waals surface area contributed by atoms with Crippen LogP contribution < -0.4 is 0 Å². The number of benzene rings is 2. The molecule has 1 aromatic heterocycles. The van der Waals surface area contributed by atoms with Crippen LogP contribution in [0.15, 0.2) is 48.5 Å². The Bertz CT molecular complexity index is 1050. The number of piperazine rings is 1. The van der Waals surface area contributed by atoms with Gasteiger partial charge in [0.05, 0.1) is 12.2 Å². The molecule has 2 heterocycles. The maximum Gasteiger partial charge on any atom is 0.253 e. The fourth-order valence-electron chi connectivity index (χ4n) is 3.96. The zero-order valence-corrected chi connectivity index (χ0v) is 19.3. The summed E-state index contributed by atoms with van der Waals surface area (Å²) in [6, 6.07) is 15.5. The van der Waals surface area contributed by atoms with Crippen molar-refractivity contribution in [2.24, 2.45) is 0 Å². The van der Waals surface area contributed by atoms with E-state index in [9.17, 15) is 4.79 Å². The summed E-state index contributed by atoms with van der Waals surface area (Å²) < 4.78 is 1.98. The van der Waals surface area contributed by atoms with Crippen molar-refractivity contribution in [2.75, 3.05) is 26.2 Å². The summed E-state index contributed by atoms with van der Waals surface area (Å²) in [5, 5.41) is 5.88. The second kappa shape index (κ2) is 9.43. The number of aryl methyl sites for hydroxylation is 2. The van der Waals surface area contributed by atoms with Crippen LogP contribution in [0.2, 0.25) is 10.0 Å². The number of hydrogen-bond acceptors (Lipinski definition) is 3. The van der Waals surface area contributed by atoms with Crippen LogP contribution in [0.3, 0.4) is 0 Å². The van der Waals surface area contributed by atoms with Crippen molar-refractivity contribution in [2.45, 2.75) is 26.9 Å². The van der Waals surface area contributed by atoms with Gasteiger partial charge in [-0.05, 0) is 49.7 Å². The van der Waals surface area contributed by atoms with Gasteiger partial charge in [-0.2, -0.15) is 5.10 Å². The van der Waals surface area contributed by atoms with Gasteiger partial charge >= 0.3 is 0 Å². The highest BCUT2D eigenvalue weighted by molar-refractivity contribution is 6.35. The minimum absolute atomic E-state index is 0.0769. The summed E-state index contributed by atoms with van der Waals surface area (Å²) in [4.78, 5) is 17.2. The molecule has 0 spiro atoms. The molecule has 0 atom stereocenters. The van der Waals surface area contributed by atoms with E-state index in [1.54, 1.807) is 0 Å². The van der Waals surface area contributed by atoms with E-state index in [2.05, 4.69) is 23.0 Å². The molecule has 162 valence electrons. The van der Waals surface area contributed by atoms with Crippen LogP contribution >= 0.6 is 23.2 Å². The van der Waals surface area contributed by atoms with Gasteiger partial charge in [-0.15, -0.1) is 0 Å². The molecule has 0 saturated carbocycles. The van der Waals surface area contributed by atoms with Crippen molar-refractivity contribution in [3.05, 3.63) is 86.7 Å². The molecule has 1 aliphatic heterocycles. The van der Waals surface area contributed by atoms with Gasteiger partial charge in [0, 0.05) is 59.6 Å². The van der Waals surface area contributed by atoms with Crippen LogP contribution in [-0.2, 0) is 13.1 Å². The van der Waals surface area contributed by atoms with Crippen LogP contribution in [0.4, 0.5) is 0 Å². The topological polar surface area (TPSA) is 41.4 Å². The Morgan fingerprint density at radius 1 is 0.935 bits per heavy atom. The highest BCUT2D eigenvalue weighted by atomic mass is 35.5. The molecule has 1 amide bonds. The number of carbonyl (C=O) groups is 1. The zero-order valence-electron chi connectivity index (χ0n) is 17.8. The fourth-order valence-corrected chi connectivity index (χ4v) is 4.48. The van der Waals surface area contributed by atoms with Crippen molar-refractivity contribution in [3.63, 3.8) is 0 Å². The number of halogens is 2. The van der Waals surface area contributed by atoms with Gasteiger partial charge in [-0.25, -0.2) is 0 Å². The first-order valence-corrected chi connectivity index (χ1v) is 11.2. The molecule has 0 aliphatic carbocycles. The Hall–Kier alpha value is -2.34. The first-order valence-electron chi connectivity index (χ1n) is 10.5. The highest BCUT2D eigenvalue weighted by Crippen LogP contribution is 2.26. The average Bonchev–Trinajstić information content (AvgIpc) is 3.08. The van der Waals surface area contributed by atoms with Gasteiger partial charge < -0.3 is 4.90 Å². The lowest BCUT2D eigenvalue weighted by Crippen LogP contribution is -2.48. The van der Waals surface area contributed by atoms with E-state index in [-0.39, 0.29) is 5.91 Å². The predicted octanol–water partition coefficient (Wildman–Crippen LogP) is 4.81. The third-order valence-corrected chi connectivity index (χ3v) is 6.45. The number of aromatic nitrogens is 2. The van der Waals surface area contributed by atoms with Gasteiger partial charge in [0.15, 0.2) is 0 Å². The number of amides is 1. The SMILES string of the molecule is Cc1cc(C)n(Cc2ccc(C(=O)N3CCN(Cc4c(Cl)cccc4Cl)CC3)cc2)n1. The average molecular weight is 457 g/mol. The standard InChI is InChI=1S/C24H26Cl2N4O/c1-17-14-18(2)30(27-17)15-19-6-8-20(9-7-19)24(31)29-12-10-28(11-13-29)16-21-22(25)4-3-5-23(21)26/h3-9,14H,10-13,15-16H2,1-2H3. The van der Waals surface area contributed by atoms with Crippen molar-refractivity contribution < 1.29 is 4.79 Å². The molecule has 4 rings (SSSR count). The van der Waals surface area contributed by atoms with Gasteiger partial charge in [0.1, 0.15) is 0 Å². The van der Waals surface area contributed by atoms with Crippen molar-refractivity contribution >= 4 is 29.1 Å². The summed E-state index contributed by atoms with van der Waals surface area (Å²) in [5.74, 6) is 0.0769. The Morgan fingerprint density at radius 2 is 1.58 bits per heavy atom. The number of carbonyl (C=O) groups excluding carboxylic acids is 1. The Labute approximate surface area is 193 Å². The summed E-state index contributed by atoms with van der Waals surface area (Å²) in [7, 11) is 0. The number of hydrogen-bond donors (Lipinski definition) is 0. The van der Waals surface area contributed by atoms with E-state index in [0.717, 1.165) is 41.2 Å². The van der Waals surface area contributed by atoms with Crippen LogP contribution in [0.1, 0.15) is 32.9 Å². The number of rotatable bonds is 5. The molecular weight excluding hydrogens is 431 g/mol. The molecule has 1 aliphatic rings. The molecule has 0 radical (unpaired) electrons. The monoisotopic (exact) mass is 456 g/mol. The minimum Gasteiger partial charge on any atom is -0.336 e. The zero-order chi connectivity index (χ0) is 22.0. The fraction of sp³-hybridized carbons (Fsp3) is 0.333. The van der Waals surface area contributed by atoms with Gasteiger partial charge in [0.25, 0.3) is 5.91 Å². The highest BCUT2D eigenvalue weighted by Gasteiger charge is 2.23. The van der Waals surface area contributed by atoms with Crippen LogP contribution in [0.25, 0.3) is 0 Å². The van der Waals surface area contributed by atoms with E-state index in [4.69, 9.17) is 23.2 Å². The van der Waals surface area contributed by atoms with Gasteiger partial charge in [-0.3, -0.25) is 14.4 Å². The first-order chi connectivity index (χ1) is 14.9. The van der Waals surface area contributed by atoms with Crippen molar-refractivity contribution in [1.29, 1.82) is 0 Å². The molecule has 31 heavy (non-hydrogen) atoms. The van der Waals surface area contributed by atoms with Crippen LogP contribution in [0.5, 0.6) is 0 Å². The summed E-state index contributed by atoms with van der Waals surface area (Å²) in [6.07, 6.45) is 0. The van der Waals surface area contributed by atoms with E-state index in [1.165, 1.54) is 0 Å². The van der Waals surface area contributed by atoms with Crippen LogP contribution in [0, 0.1) is 13.8 Å². The lowest BCUT2D eigenvalue weighted by molar-refractivity contribution is 0.0628. The normalized spacial score (nSPS) is 14.8. The van der Waals surface area contributed by atoms with E-state index < -0.39 is 0 Å². The smallest absolute Gasteiger partial charge is 0.253 e. The first kappa shape index (κ1) is 21.9. The lowest BCUT2D eigenvalue weighted by Gasteiger charge is -2.35. The third-order valence-electron chi connectivity index (χ3n) is 5.74. The van der Waals surface area contributed by atoms with E-state index in [0.29, 0.717) is 36.2 Å². The molecule has 2 aromatic carbocycles. The Kier molecular flexibility index (Phi) is 6.65. The molecular formula is C24H26Cl2N4O. The third kappa shape index (κ3) is 5.12. The summed E-state index contributed by atoms with van der Waals surface area (Å²) >= 11 is 12.6. The summed E-state index contributed by atoms with van der Waals surface area (Å²) in [6.45, 7) is 8.42. The molecule has 0 unspecified atom stereocenters. The molecule has 1 saturated heterocycles. The molecule has 0 N–H and O–H groups in total. The second-order valence-electron chi connectivity index (χ2n) is 8.05. The van der Waals surface area contributed by atoms with Gasteiger partial charge in [-0.1, -0.05) is 41.4 Å². The quantitative estimate of drug-likeness (QED) is 0.552. The van der Waals surface area contributed by atoms with Gasteiger partial charge in [0.2, 0.25) is 0 Å². The molecule has 7 heteroatoms. The number of nitrogens with zero attached hydrogens (tertiary/aromatic N) is 4. The molecule has 1 fully saturated rings.